The first-order valence-electron chi connectivity index (χ1n) is 6.62. The summed E-state index contributed by atoms with van der Waals surface area (Å²) in [7, 11) is 0. The fraction of sp³-hybridized carbons (Fsp3) is 0.400. The normalized spacial score (nSPS) is 12.8. The number of alkyl halides is 2. The van der Waals surface area contributed by atoms with E-state index in [2.05, 4.69) is 4.74 Å². The second-order valence-corrected chi connectivity index (χ2v) is 4.72. The number of halogens is 3. The number of ether oxygens (including phenoxy) is 2. The molecule has 0 bridgehead atoms. The summed E-state index contributed by atoms with van der Waals surface area (Å²) in [6.45, 7) is -2.18. The molecule has 0 saturated carbocycles. The minimum atomic E-state index is -0.987. The van der Waals surface area contributed by atoms with Crippen molar-refractivity contribution in [1.29, 1.82) is 0 Å². The second-order valence-electron chi connectivity index (χ2n) is 4.28. The van der Waals surface area contributed by atoms with Crippen LogP contribution >= 0.6 is 11.6 Å². The van der Waals surface area contributed by atoms with Gasteiger partial charge in [0.2, 0.25) is 0 Å². The maximum atomic E-state index is 12.2. The molecule has 0 amide bonds. The van der Waals surface area contributed by atoms with Crippen LogP contribution < -0.4 is 0 Å². The van der Waals surface area contributed by atoms with E-state index < -0.39 is 25.4 Å². The SMILES string of the molecule is O=C(/C=C(/CC(O)c1cccc(Cl)c1)OCCF)OCCF. The first kappa shape index (κ1) is 18.4. The van der Waals surface area contributed by atoms with Gasteiger partial charge in [0.15, 0.2) is 0 Å². The standard InChI is InChI=1S/C15H17ClF2O4/c16-12-3-1-2-11(8-12)14(19)9-13(21-6-4-17)10-15(20)22-7-5-18/h1-3,8,10,14,19H,4-7,9H2/b13-10-. The highest BCUT2D eigenvalue weighted by atomic mass is 35.5. The summed E-state index contributed by atoms with van der Waals surface area (Å²) >= 11 is 5.83. The Bertz CT molecular complexity index is 508. The third-order valence-corrected chi connectivity index (χ3v) is 2.83. The molecule has 1 aromatic carbocycles. The largest absolute Gasteiger partial charge is 0.495 e. The van der Waals surface area contributed by atoms with Crippen molar-refractivity contribution in [2.45, 2.75) is 12.5 Å². The van der Waals surface area contributed by atoms with E-state index >= 15 is 0 Å². The zero-order valence-corrected chi connectivity index (χ0v) is 12.6. The molecule has 7 heteroatoms. The lowest BCUT2D eigenvalue weighted by Crippen LogP contribution is -2.09. The summed E-state index contributed by atoms with van der Waals surface area (Å²) in [5.74, 6) is -0.765. The van der Waals surface area contributed by atoms with Gasteiger partial charge >= 0.3 is 5.97 Å². The fourth-order valence-electron chi connectivity index (χ4n) is 1.66. The van der Waals surface area contributed by atoms with E-state index in [0.29, 0.717) is 10.6 Å². The summed E-state index contributed by atoms with van der Waals surface area (Å²) in [4.78, 5) is 11.4. The number of rotatable bonds is 9. The number of aliphatic hydroxyl groups excluding tert-OH is 1. The molecule has 0 aliphatic rings. The van der Waals surface area contributed by atoms with Crippen LogP contribution in [0.3, 0.4) is 0 Å². The monoisotopic (exact) mass is 334 g/mol. The molecule has 0 saturated heterocycles. The van der Waals surface area contributed by atoms with Crippen molar-refractivity contribution in [2.75, 3.05) is 26.6 Å². The van der Waals surface area contributed by atoms with Gasteiger partial charge in [-0.15, -0.1) is 0 Å². The highest BCUT2D eigenvalue weighted by molar-refractivity contribution is 6.30. The van der Waals surface area contributed by atoms with Crippen LogP contribution in [0.1, 0.15) is 18.1 Å². The van der Waals surface area contributed by atoms with Gasteiger partial charge in [0.05, 0.1) is 12.2 Å². The predicted molar refractivity (Wildman–Crippen MR) is 78.0 cm³/mol. The molecule has 0 aliphatic carbocycles. The molecule has 0 spiro atoms. The van der Waals surface area contributed by atoms with Crippen molar-refractivity contribution in [3.63, 3.8) is 0 Å². The van der Waals surface area contributed by atoms with Crippen LogP contribution in [0.5, 0.6) is 0 Å². The molecule has 4 nitrogen and oxygen atoms in total. The highest BCUT2D eigenvalue weighted by Gasteiger charge is 2.14. The second kappa shape index (κ2) is 10.1. The third kappa shape index (κ3) is 6.87. The molecule has 0 fully saturated rings. The van der Waals surface area contributed by atoms with Crippen LogP contribution in [0, 0.1) is 0 Å². The fourth-order valence-corrected chi connectivity index (χ4v) is 1.86. The molecule has 1 atom stereocenters. The first-order chi connectivity index (χ1) is 10.6. The predicted octanol–water partition coefficient (Wildman–Crippen LogP) is 3.15. The molecule has 0 heterocycles. The number of aliphatic hydroxyl groups is 1. The molecule has 122 valence electrons. The third-order valence-electron chi connectivity index (χ3n) is 2.59. The van der Waals surface area contributed by atoms with Crippen LogP contribution in [0.15, 0.2) is 36.1 Å². The number of carbonyl (C=O) groups is 1. The van der Waals surface area contributed by atoms with Crippen molar-refractivity contribution in [3.05, 3.63) is 46.7 Å². The summed E-state index contributed by atoms with van der Waals surface area (Å²) in [6.07, 6.45) is -0.0806. The molecule has 1 rings (SSSR count). The Hall–Kier alpha value is -1.66. The van der Waals surface area contributed by atoms with Gasteiger partial charge < -0.3 is 14.6 Å². The topological polar surface area (TPSA) is 55.8 Å². The Labute approximate surface area is 132 Å². The van der Waals surface area contributed by atoms with Crippen LogP contribution in [0.25, 0.3) is 0 Å². The number of carbonyl (C=O) groups excluding carboxylic acids is 1. The number of hydrogen-bond donors (Lipinski definition) is 1. The molecular weight excluding hydrogens is 318 g/mol. The van der Waals surface area contributed by atoms with E-state index in [-0.39, 0.29) is 25.4 Å². The Morgan fingerprint density at radius 2 is 1.95 bits per heavy atom. The van der Waals surface area contributed by atoms with Gasteiger partial charge in [-0.3, -0.25) is 0 Å². The van der Waals surface area contributed by atoms with Crippen LogP contribution in [-0.4, -0.2) is 37.6 Å². The molecule has 0 aliphatic heterocycles. The lowest BCUT2D eigenvalue weighted by molar-refractivity contribution is -0.138. The minimum Gasteiger partial charge on any atom is -0.495 e. The van der Waals surface area contributed by atoms with Gasteiger partial charge in [0.1, 0.15) is 32.3 Å². The van der Waals surface area contributed by atoms with E-state index in [1.54, 1.807) is 24.3 Å². The van der Waals surface area contributed by atoms with Crippen LogP contribution in [-0.2, 0) is 14.3 Å². The van der Waals surface area contributed by atoms with Gasteiger partial charge in [-0.05, 0) is 17.7 Å². The first-order valence-corrected chi connectivity index (χ1v) is 7.00. The Balaban J connectivity index is 2.74. The zero-order valence-electron chi connectivity index (χ0n) is 11.8. The molecule has 1 aromatic rings. The molecule has 22 heavy (non-hydrogen) atoms. The number of esters is 1. The Morgan fingerprint density at radius 1 is 1.27 bits per heavy atom. The van der Waals surface area contributed by atoms with Crippen molar-refractivity contribution in [2.24, 2.45) is 0 Å². The Morgan fingerprint density at radius 3 is 2.59 bits per heavy atom. The zero-order chi connectivity index (χ0) is 16.4. The Kier molecular flexibility index (Phi) is 8.47. The van der Waals surface area contributed by atoms with Gasteiger partial charge in [-0.1, -0.05) is 23.7 Å². The van der Waals surface area contributed by atoms with Crippen LogP contribution in [0.4, 0.5) is 8.78 Å². The quantitative estimate of drug-likeness (QED) is 0.428. The van der Waals surface area contributed by atoms with E-state index in [9.17, 15) is 18.7 Å². The summed E-state index contributed by atoms with van der Waals surface area (Å²) in [5, 5.41) is 10.6. The smallest absolute Gasteiger partial charge is 0.334 e. The number of hydrogen-bond acceptors (Lipinski definition) is 4. The highest BCUT2D eigenvalue weighted by Crippen LogP contribution is 2.24. The maximum Gasteiger partial charge on any atom is 0.334 e. The lowest BCUT2D eigenvalue weighted by Gasteiger charge is -2.14. The van der Waals surface area contributed by atoms with E-state index in [1.165, 1.54) is 0 Å². The van der Waals surface area contributed by atoms with Gasteiger partial charge in [-0.25, -0.2) is 13.6 Å². The van der Waals surface area contributed by atoms with Gasteiger partial charge in [0.25, 0.3) is 0 Å². The molecule has 1 unspecified atom stereocenters. The van der Waals surface area contributed by atoms with E-state index in [0.717, 1.165) is 6.08 Å². The summed E-state index contributed by atoms with van der Waals surface area (Å²) in [5.41, 5.74) is 0.527. The van der Waals surface area contributed by atoms with E-state index in [1.807, 2.05) is 0 Å². The van der Waals surface area contributed by atoms with Crippen LogP contribution in [0.2, 0.25) is 5.02 Å². The number of benzene rings is 1. The maximum absolute atomic E-state index is 12.2. The molecule has 1 N–H and O–H groups in total. The molecule has 0 radical (unpaired) electrons. The molecule has 0 aromatic heterocycles. The van der Waals surface area contributed by atoms with E-state index in [4.69, 9.17) is 16.3 Å². The lowest BCUT2D eigenvalue weighted by atomic mass is 10.1. The summed E-state index contributed by atoms with van der Waals surface area (Å²) < 4.78 is 33.7. The average Bonchev–Trinajstić information content (AvgIpc) is 2.50. The summed E-state index contributed by atoms with van der Waals surface area (Å²) in [6, 6.07) is 6.55. The van der Waals surface area contributed by atoms with Gasteiger partial charge in [-0.2, -0.15) is 0 Å². The van der Waals surface area contributed by atoms with Crippen molar-refractivity contribution in [1.82, 2.24) is 0 Å². The van der Waals surface area contributed by atoms with Gasteiger partial charge in [0, 0.05) is 11.4 Å². The molecular formula is C15H17ClF2O4. The van der Waals surface area contributed by atoms with Crippen molar-refractivity contribution >= 4 is 17.6 Å². The minimum absolute atomic E-state index is 0.0500. The van der Waals surface area contributed by atoms with Crippen molar-refractivity contribution < 1.29 is 28.2 Å². The van der Waals surface area contributed by atoms with Crippen molar-refractivity contribution in [3.8, 4) is 0 Å². The average molecular weight is 335 g/mol.